The van der Waals surface area contributed by atoms with E-state index in [0.29, 0.717) is 58.5 Å². The normalized spacial score (nSPS) is 12.8. The van der Waals surface area contributed by atoms with Crippen LogP contribution in [0.4, 0.5) is 54.1 Å². The Hall–Kier alpha value is -9.09. The summed E-state index contributed by atoms with van der Waals surface area (Å²) in [7, 11) is 2.85. The number of methoxy groups -OCH3 is 2. The zero-order valence-electron chi connectivity index (χ0n) is 49.0. The van der Waals surface area contributed by atoms with E-state index < -0.39 is 52.7 Å². The molecule has 0 bridgehead atoms. The Balaban J connectivity index is 0.000000190. The minimum atomic E-state index is -4.71. The Morgan fingerprint density at radius 3 is 1.46 bits per heavy atom. The van der Waals surface area contributed by atoms with Crippen LogP contribution >= 0.6 is 12.4 Å². The third-order valence-electron chi connectivity index (χ3n) is 15.1. The number of benzene rings is 4. The second-order valence-electron chi connectivity index (χ2n) is 20.2. The maximum Gasteiger partial charge on any atom is 0.417 e. The summed E-state index contributed by atoms with van der Waals surface area (Å²) in [4.78, 5) is 8.03. The van der Waals surface area contributed by atoms with Crippen LogP contribution in [-0.4, -0.2) is 77.2 Å². The lowest BCUT2D eigenvalue weighted by molar-refractivity contribution is -0.138. The number of anilines is 1. The molecular formula is C62H59ClF11N13O2. The number of nitriles is 1. The molecule has 0 fully saturated rings. The fraction of sp³-hybridized carbons (Fsp3) is 0.306. The first kappa shape index (κ1) is 65.9. The summed E-state index contributed by atoms with van der Waals surface area (Å²) in [6.07, 6.45) is -0.772. The summed E-state index contributed by atoms with van der Waals surface area (Å²) in [5.74, 6) is -5.23. The lowest BCUT2D eigenvalue weighted by atomic mass is 9.97. The van der Waals surface area contributed by atoms with E-state index >= 15 is 13.2 Å². The number of hydrogen-bond donors (Lipinski definition) is 3. The highest BCUT2D eigenvalue weighted by Crippen LogP contribution is 2.44. The van der Waals surface area contributed by atoms with E-state index in [9.17, 15) is 35.1 Å². The van der Waals surface area contributed by atoms with E-state index in [1.165, 1.54) is 38.3 Å². The Morgan fingerprint density at radius 1 is 0.596 bits per heavy atom. The average molecular weight is 1260 g/mol. The Morgan fingerprint density at radius 2 is 1.03 bits per heavy atom. The highest BCUT2D eigenvalue weighted by Gasteiger charge is 2.36. The minimum absolute atomic E-state index is 0. The number of nitrogens with zero attached hydrogens (tertiary/aromatic N) is 10. The fourth-order valence-corrected chi connectivity index (χ4v) is 11.0. The summed E-state index contributed by atoms with van der Waals surface area (Å²) in [6, 6.07) is 17.6. The number of H-pyrrole nitrogens is 2. The van der Waals surface area contributed by atoms with Crippen LogP contribution in [0.15, 0.2) is 85.5 Å². The lowest BCUT2D eigenvalue weighted by Crippen LogP contribution is -2.32. The van der Waals surface area contributed by atoms with Gasteiger partial charge in [-0.2, -0.15) is 56.4 Å². The van der Waals surface area contributed by atoms with Gasteiger partial charge < -0.3 is 19.7 Å². The van der Waals surface area contributed by atoms with Gasteiger partial charge in [-0.25, -0.2) is 36.9 Å². The molecule has 0 unspecified atom stereocenters. The minimum Gasteiger partial charge on any atom is -0.492 e. The summed E-state index contributed by atoms with van der Waals surface area (Å²) >= 11 is 0. The molecular weight excluding hydrogens is 1200 g/mol. The number of rotatable bonds is 11. The van der Waals surface area contributed by atoms with Crippen LogP contribution in [0.3, 0.4) is 0 Å². The van der Waals surface area contributed by atoms with Gasteiger partial charge in [0.15, 0.2) is 40.6 Å². The lowest BCUT2D eigenvalue weighted by Gasteiger charge is -2.28. The van der Waals surface area contributed by atoms with E-state index in [4.69, 9.17) is 24.9 Å². The zero-order valence-corrected chi connectivity index (χ0v) is 49.8. The predicted molar refractivity (Wildman–Crippen MR) is 315 cm³/mol. The van der Waals surface area contributed by atoms with Gasteiger partial charge in [-0.15, -0.1) is 12.4 Å². The van der Waals surface area contributed by atoms with Crippen molar-refractivity contribution in [2.45, 2.75) is 98.6 Å². The average Bonchev–Trinajstić information content (AvgIpc) is 1.98. The number of halogens is 12. The first-order valence-corrected chi connectivity index (χ1v) is 27.9. The van der Waals surface area contributed by atoms with Crippen molar-refractivity contribution in [2.75, 3.05) is 32.2 Å². The van der Waals surface area contributed by atoms with Crippen LogP contribution in [0.2, 0.25) is 0 Å². The Labute approximate surface area is 509 Å². The Kier molecular flexibility index (Phi) is 20.4. The van der Waals surface area contributed by atoms with Crippen LogP contribution in [0.25, 0.3) is 55.7 Å². The van der Waals surface area contributed by atoms with Crippen molar-refractivity contribution in [1.29, 1.82) is 5.26 Å². The zero-order chi connectivity index (χ0) is 63.4. The topological polar surface area (TPSA) is 176 Å². The van der Waals surface area contributed by atoms with E-state index in [2.05, 4.69) is 67.7 Å². The van der Waals surface area contributed by atoms with Crippen molar-refractivity contribution in [2.24, 2.45) is 0 Å². The number of alkyl halides is 6. The van der Waals surface area contributed by atoms with Gasteiger partial charge in [0, 0.05) is 91.4 Å². The number of aromatic amines is 2. The fourth-order valence-electron chi connectivity index (χ4n) is 11.0. The van der Waals surface area contributed by atoms with Gasteiger partial charge in [-0.3, -0.25) is 10.2 Å². The Bertz CT molecular complexity index is 4180. The third-order valence-corrected chi connectivity index (χ3v) is 15.1. The molecule has 2 aliphatic heterocycles. The van der Waals surface area contributed by atoms with Gasteiger partial charge in [0.2, 0.25) is 5.95 Å². The van der Waals surface area contributed by atoms with Gasteiger partial charge in [0.05, 0.1) is 78.0 Å². The number of fused-ring (bicyclic) bond motifs is 4. The van der Waals surface area contributed by atoms with Gasteiger partial charge in [-0.05, 0) is 72.2 Å². The molecule has 12 rings (SSSR count). The molecule has 0 aliphatic carbocycles. The molecule has 468 valence electrons. The number of nitrogens with one attached hydrogen (secondary N) is 3. The number of hydrogen-bond acceptors (Lipinski definition) is 11. The molecule has 89 heavy (non-hydrogen) atoms. The van der Waals surface area contributed by atoms with Crippen LogP contribution < -0.4 is 19.7 Å². The molecule has 3 N–H and O–H groups in total. The largest absolute Gasteiger partial charge is 0.492 e. The molecule has 8 heterocycles. The van der Waals surface area contributed by atoms with E-state index in [1.807, 2.05) is 41.4 Å². The molecule has 15 nitrogen and oxygen atoms in total. The van der Waals surface area contributed by atoms with Crippen molar-refractivity contribution in [3.05, 3.63) is 171 Å². The maximum absolute atomic E-state index is 15.5. The van der Waals surface area contributed by atoms with Gasteiger partial charge in [-0.1, -0.05) is 64.1 Å². The second-order valence-corrected chi connectivity index (χ2v) is 20.2. The van der Waals surface area contributed by atoms with Crippen molar-refractivity contribution < 1.29 is 57.8 Å². The molecule has 10 aromatic rings. The van der Waals surface area contributed by atoms with E-state index in [-0.39, 0.29) is 55.1 Å². The number of pyridine rings is 2. The molecule has 0 saturated carbocycles. The molecule has 27 heteroatoms. The summed E-state index contributed by atoms with van der Waals surface area (Å²) in [6.45, 7) is 11.8. The number of aryl methyl sites for hydroxylation is 4. The third kappa shape index (κ3) is 13.1. The SMILES string of the molecule is CC#N.CCc1cccc(CC)c1-n1nc2c(c1-c1cc(F)c(OC)c3[nH]ncc13)CN(c1ncc(C(F)(F)F)cc1F)CC2.CCc1cccc(CC)c1-n1nc2c(c1-c1cc(F)c(OC)c3[nH]ncc13)CNCC2.Cl.Fc1cc(C(F)(F)F)cnc1F. The first-order valence-electron chi connectivity index (χ1n) is 27.9. The molecule has 0 amide bonds. The van der Waals surface area contributed by atoms with Crippen molar-refractivity contribution in [1.82, 2.24) is 55.2 Å². The summed E-state index contributed by atoms with van der Waals surface area (Å²) in [5.41, 5.74) is 11.4. The van der Waals surface area contributed by atoms with E-state index in [1.54, 1.807) is 29.4 Å². The van der Waals surface area contributed by atoms with Gasteiger partial charge in [0.25, 0.3) is 0 Å². The molecule has 0 spiro atoms. The van der Waals surface area contributed by atoms with Gasteiger partial charge in [0.1, 0.15) is 11.0 Å². The monoisotopic (exact) mass is 1260 g/mol. The number of aromatic nitrogens is 10. The van der Waals surface area contributed by atoms with Crippen LogP contribution in [0, 0.1) is 40.5 Å². The van der Waals surface area contributed by atoms with E-state index in [0.717, 1.165) is 94.7 Å². The second kappa shape index (κ2) is 27.5. The highest BCUT2D eigenvalue weighted by atomic mass is 35.5. The molecule has 6 aromatic heterocycles. The van der Waals surface area contributed by atoms with Crippen molar-refractivity contribution >= 4 is 40.0 Å². The molecule has 0 saturated heterocycles. The molecule has 0 radical (unpaired) electrons. The van der Waals surface area contributed by atoms with Gasteiger partial charge >= 0.3 is 12.4 Å². The van der Waals surface area contributed by atoms with Crippen molar-refractivity contribution in [3.8, 4) is 51.5 Å². The van der Waals surface area contributed by atoms with Crippen LogP contribution in [-0.2, 0) is 64.0 Å². The van der Waals surface area contributed by atoms with Crippen molar-refractivity contribution in [3.63, 3.8) is 0 Å². The quantitative estimate of drug-likeness (QED) is 0.0830. The summed E-state index contributed by atoms with van der Waals surface area (Å²) < 4.78 is 159. The standard InChI is InChI=1S/C30H27F5N6O.C24H26FN5O.C6H2F5N.C2H3N.ClH/c1-4-16-7-6-8-17(5-2)26(16)41-27(19-12-22(31)28(42-3)25-20(19)14-37-38-25)21-15-40(10-9-24(21)39-41)29-23(32)11-18(13-36-29)30(33,34)35;1-4-14-7-6-8-15(5-2)22(14)30-23(18-12-26-10-9-20(18)29-30)16-11-19(25)24(31-3)21-17(16)13-27-28-21;7-4-1-3(6(9,10)11)2-12-5(4)8;1-2-3;/h6-8,11-14H,4-5,9-10,15H2,1-3H3,(H,37,38);6-8,11,13,26H,4-5,9-10,12H2,1-3H3,(H,27,28);1-2H;1H3;1H. The smallest absolute Gasteiger partial charge is 0.417 e. The first-order chi connectivity index (χ1) is 42.2. The molecule has 0 atom stereocenters. The highest BCUT2D eigenvalue weighted by molar-refractivity contribution is 5.99. The molecule has 4 aromatic carbocycles. The van der Waals surface area contributed by atoms with Crippen LogP contribution in [0.1, 0.15) is 90.5 Å². The van der Waals surface area contributed by atoms with Crippen LogP contribution in [0.5, 0.6) is 11.5 Å². The number of para-hydroxylation sites is 2. The molecule has 2 aliphatic rings. The predicted octanol–water partition coefficient (Wildman–Crippen LogP) is 14.5. The number of ether oxygens (including phenoxy) is 2. The summed E-state index contributed by atoms with van der Waals surface area (Å²) in [5, 5.41) is 36.3. The maximum atomic E-state index is 15.5.